The zero-order valence-electron chi connectivity index (χ0n) is 16.3. The van der Waals surface area contributed by atoms with Crippen molar-refractivity contribution in [3.8, 4) is 0 Å². The normalized spacial score (nSPS) is 23.9. The average molecular weight is 391 g/mol. The molecule has 1 aliphatic carbocycles. The SMILES string of the molecule is CC1CCN(C(=O)C2CCC(C(=O)NCCc3cccc(Cl)c3)CC2)CC1. The molecule has 4 nitrogen and oxygen atoms in total. The molecule has 0 spiro atoms. The zero-order chi connectivity index (χ0) is 19.2. The fraction of sp³-hybridized carbons (Fsp3) is 0.636. The van der Waals surface area contributed by atoms with Gasteiger partial charge in [-0.3, -0.25) is 9.59 Å². The summed E-state index contributed by atoms with van der Waals surface area (Å²) in [5, 5.41) is 3.78. The molecule has 2 fully saturated rings. The number of hydrogen-bond acceptors (Lipinski definition) is 2. The van der Waals surface area contributed by atoms with E-state index in [-0.39, 0.29) is 17.7 Å². The van der Waals surface area contributed by atoms with E-state index in [0.29, 0.717) is 12.5 Å². The third kappa shape index (κ3) is 5.71. The van der Waals surface area contributed by atoms with Gasteiger partial charge in [0.15, 0.2) is 0 Å². The minimum Gasteiger partial charge on any atom is -0.356 e. The molecule has 5 heteroatoms. The Labute approximate surface area is 167 Å². The van der Waals surface area contributed by atoms with E-state index in [1.165, 1.54) is 0 Å². The highest BCUT2D eigenvalue weighted by Gasteiger charge is 2.32. The van der Waals surface area contributed by atoms with Crippen molar-refractivity contribution in [3.63, 3.8) is 0 Å². The van der Waals surface area contributed by atoms with Crippen molar-refractivity contribution in [2.45, 2.75) is 51.9 Å². The van der Waals surface area contributed by atoms with Gasteiger partial charge in [-0.1, -0.05) is 30.7 Å². The molecule has 27 heavy (non-hydrogen) atoms. The van der Waals surface area contributed by atoms with E-state index in [9.17, 15) is 9.59 Å². The van der Waals surface area contributed by atoms with E-state index in [2.05, 4.69) is 17.1 Å². The van der Waals surface area contributed by atoms with Gasteiger partial charge in [-0.15, -0.1) is 0 Å². The number of amides is 2. The van der Waals surface area contributed by atoms with Gasteiger partial charge in [-0.2, -0.15) is 0 Å². The first-order valence-corrected chi connectivity index (χ1v) is 10.7. The monoisotopic (exact) mass is 390 g/mol. The first kappa shape index (κ1) is 20.2. The Bertz CT molecular complexity index is 647. The van der Waals surface area contributed by atoms with Gasteiger partial charge < -0.3 is 10.2 Å². The number of nitrogens with one attached hydrogen (secondary N) is 1. The summed E-state index contributed by atoms with van der Waals surface area (Å²) in [6.45, 7) is 4.70. The molecule has 0 atom stereocenters. The van der Waals surface area contributed by atoms with Crippen molar-refractivity contribution in [2.75, 3.05) is 19.6 Å². The molecule has 0 aromatic heterocycles. The van der Waals surface area contributed by atoms with E-state index in [4.69, 9.17) is 11.6 Å². The van der Waals surface area contributed by atoms with Gasteiger partial charge >= 0.3 is 0 Å². The van der Waals surface area contributed by atoms with E-state index in [1.807, 2.05) is 24.3 Å². The third-order valence-corrected chi connectivity index (χ3v) is 6.38. The third-order valence-electron chi connectivity index (χ3n) is 6.14. The van der Waals surface area contributed by atoms with Gasteiger partial charge in [0.05, 0.1) is 0 Å². The number of carbonyl (C=O) groups excluding carboxylic acids is 2. The van der Waals surface area contributed by atoms with E-state index in [1.54, 1.807) is 0 Å². The molecule has 1 aromatic rings. The molecule has 3 rings (SSSR count). The molecular weight excluding hydrogens is 360 g/mol. The van der Waals surface area contributed by atoms with Gasteiger partial charge in [0, 0.05) is 36.5 Å². The topological polar surface area (TPSA) is 49.4 Å². The van der Waals surface area contributed by atoms with E-state index in [0.717, 1.165) is 74.5 Å². The van der Waals surface area contributed by atoms with Crippen LogP contribution in [-0.2, 0) is 16.0 Å². The summed E-state index contributed by atoms with van der Waals surface area (Å²) in [4.78, 5) is 27.2. The molecule has 2 amide bonds. The predicted molar refractivity (Wildman–Crippen MR) is 109 cm³/mol. The van der Waals surface area contributed by atoms with Gasteiger partial charge in [0.2, 0.25) is 11.8 Å². The largest absolute Gasteiger partial charge is 0.356 e. The van der Waals surface area contributed by atoms with Crippen LogP contribution in [0.3, 0.4) is 0 Å². The number of piperidine rings is 1. The zero-order valence-corrected chi connectivity index (χ0v) is 17.0. The summed E-state index contributed by atoms with van der Waals surface area (Å²) in [5.74, 6) is 1.36. The molecule has 1 saturated heterocycles. The fourth-order valence-corrected chi connectivity index (χ4v) is 4.47. The van der Waals surface area contributed by atoms with Crippen LogP contribution in [0.15, 0.2) is 24.3 Å². The highest BCUT2D eigenvalue weighted by molar-refractivity contribution is 6.30. The van der Waals surface area contributed by atoms with Crippen molar-refractivity contribution in [1.29, 1.82) is 0 Å². The molecule has 0 unspecified atom stereocenters. The molecule has 148 valence electrons. The van der Waals surface area contributed by atoms with Crippen LogP contribution in [0.4, 0.5) is 0 Å². The van der Waals surface area contributed by atoms with Crippen molar-refractivity contribution in [1.82, 2.24) is 10.2 Å². The summed E-state index contributed by atoms with van der Waals surface area (Å²) in [7, 11) is 0. The maximum Gasteiger partial charge on any atom is 0.225 e. The maximum absolute atomic E-state index is 12.7. The predicted octanol–water partition coefficient (Wildman–Crippen LogP) is 4.06. The Balaban J connectivity index is 1.38. The second-order valence-electron chi connectivity index (χ2n) is 8.23. The number of carbonyl (C=O) groups is 2. The van der Waals surface area contributed by atoms with Crippen molar-refractivity contribution >= 4 is 23.4 Å². The lowest BCUT2D eigenvalue weighted by atomic mass is 9.80. The molecule has 1 saturated carbocycles. The lowest BCUT2D eigenvalue weighted by Crippen LogP contribution is -2.43. The molecular formula is C22H31ClN2O2. The first-order chi connectivity index (χ1) is 13.0. The molecule has 1 N–H and O–H groups in total. The quantitative estimate of drug-likeness (QED) is 0.824. The molecule has 0 radical (unpaired) electrons. The number of hydrogen-bond donors (Lipinski definition) is 1. The minimum absolute atomic E-state index is 0.0507. The average Bonchev–Trinajstić information content (AvgIpc) is 2.68. The van der Waals surface area contributed by atoms with Crippen molar-refractivity contribution in [2.24, 2.45) is 17.8 Å². The second-order valence-corrected chi connectivity index (χ2v) is 8.66. The maximum atomic E-state index is 12.7. The molecule has 2 aliphatic rings. The second kappa shape index (κ2) is 9.59. The first-order valence-electron chi connectivity index (χ1n) is 10.3. The van der Waals surface area contributed by atoms with Crippen LogP contribution in [0.1, 0.15) is 51.0 Å². The number of rotatable bonds is 5. The van der Waals surface area contributed by atoms with Crippen LogP contribution in [-0.4, -0.2) is 36.3 Å². The van der Waals surface area contributed by atoms with E-state index < -0.39 is 0 Å². The summed E-state index contributed by atoms with van der Waals surface area (Å²) in [5.41, 5.74) is 1.13. The fourth-order valence-electron chi connectivity index (χ4n) is 4.26. The standard InChI is InChI=1S/C22H31ClN2O2/c1-16-10-13-25(14-11-16)22(27)19-7-5-18(6-8-19)21(26)24-12-9-17-3-2-4-20(23)15-17/h2-4,15-16,18-19H,5-14H2,1H3,(H,24,26). The van der Waals surface area contributed by atoms with Crippen molar-refractivity contribution in [3.05, 3.63) is 34.9 Å². The Hall–Kier alpha value is -1.55. The highest BCUT2D eigenvalue weighted by Crippen LogP contribution is 2.31. The number of nitrogens with zero attached hydrogens (tertiary/aromatic N) is 1. The lowest BCUT2D eigenvalue weighted by molar-refractivity contribution is -0.139. The molecule has 1 aromatic carbocycles. The summed E-state index contributed by atoms with van der Waals surface area (Å²) in [6.07, 6.45) is 6.36. The molecule has 0 bridgehead atoms. The van der Waals surface area contributed by atoms with Crippen LogP contribution in [0.25, 0.3) is 0 Å². The Morgan fingerprint density at radius 1 is 1.07 bits per heavy atom. The van der Waals surface area contributed by atoms with Crippen LogP contribution in [0.5, 0.6) is 0 Å². The van der Waals surface area contributed by atoms with Gasteiger partial charge in [0.1, 0.15) is 0 Å². The molecule has 1 aliphatic heterocycles. The summed E-state index contributed by atoms with van der Waals surface area (Å²) in [6, 6.07) is 7.75. The Morgan fingerprint density at radius 3 is 2.41 bits per heavy atom. The summed E-state index contributed by atoms with van der Waals surface area (Å²) >= 11 is 5.99. The van der Waals surface area contributed by atoms with Crippen LogP contribution in [0.2, 0.25) is 5.02 Å². The summed E-state index contributed by atoms with van der Waals surface area (Å²) < 4.78 is 0. The number of benzene rings is 1. The lowest BCUT2D eigenvalue weighted by Gasteiger charge is -2.35. The van der Waals surface area contributed by atoms with Crippen LogP contribution in [0, 0.1) is 17.8 Å². The Morgan fingerprint density at radius 2 is 1.74 bits per heavy atom. The van der Waals surface area contributed by atoms with E-state index >= 15 is 0 Å². The number of halogens is 1. The van der Waals surface area contributed by atoms with Crippen LogP contribution < -0.4 is 5.32 Å². The smallest absolute Gasteiger partial charge is 0.225 e. The van der Waals surface area contributed by atoms with Crippen molar-refractivity contribution < 1.29 is 9.59 Å². The minimum atomic E-state index is 0.0507. The van der Waals surface area contributed by atoms with Gasteiger partial charge in [-0.25, -0.2) is 0 Å². The number of likely N-dealkylation sites (tertiary alicyclic amines) is 1. The van der Waals surface area contributed by atoms with Crippen LogP contribution >= 0.6 is 11.6 Å². The highest BCUT2D eigenvalue weighted by atomic mass is 35.5. The van der Waals surface area contributed by atoms with Gasteiger partial charge in [0.25, 0.3) is 0 Å². The molecule has 1 heterocycles. The van der Waals surface area contributed by atoms with Gasteiger partial charge in [-0.05, 0) is 68.6 Å². The Kier molecular flexibility index (Phi) is 7.17.